The van der Waals surface area contributed by atoms with Gasteiger partial charge in [-0.05, 0) is 19.4 Å². The summed E-state index contributed by atoms with van der Waals surface area (Å²) in [5, 5.41) is 0. The molecule has 0 saturated carbocycles. The molecule has 2 aliphatic rings. The van der Waals surface area contributed by atoms with E-state index < -0.39 is 0 Å². The summed E-state index contributed by atoms with van der Waals surface area (Å²) in [6.45, 7) is 4.43. The molecular weight excluding hydrogens is 126 g/mol. The summed E-state index contributed by atoms with van der Waals surface area (Å²) in [6, 6.07) is 0.766. The molecule has 2 aliphatic heterocycles. The van der Waals surface area contributed by atoms with Crippen LogP contribution < -0.4 is 0 Å². The number of morpholine rings is 1. The third-order valence-electron chi connectivity index (χ3n) is 2.58. The van der Waals surface area contributed by atoms with Gasteiger partial charge in [0.15, 0.2) is 0 Å². The van der Waals surface area contributed by atoms with Crippen molar-refractivity contribution in [1.82, 2.24) is 4.90 Å². The molecule has 2 fully saturated rings. The average Bonchev–Trinajstić information content (AvgIpc) is 2.05. The van der Waals surface area contributed by atoms with E-state index in [1.807, 2.05) is 0 Å². The summed E-state index contributed by atoms with van der Waals surface area (Å²) in [5.74, 6) is 0. The Morgan fingerprint density at radius 1 is 1.20 bits per heavy atom. The fourth-order valence-electron chi connectivity index (χ4n) is 1.94. The normalized spacial score (nSPS) is 35.4. The maximum atomic E-state index is 5.40. The van der Waals surface area contributed by atoms with Crippen molar-refractivity contribution in [1.29, 1.82) is 0 Å². The second-order valence-electron chi connectivity index (χ2n) is 3.26. The molecule has 2 heterocycles. The van der Waals surface area contributed by atoms with Gasteiger partial charge in [0.1, 0.15) is 0 Å². The number of hydrogen-bond acceptors (Lipinski definition) is 2. The number of rotatable bonds is 0. The molecular formula is C8H15NO. The molecule has 0 N–H and O–H groups in total. The Morgan fingerprint density at radius 3 is 3.10 bits per heavy atom. The third kappa shape index (κ3) is 1.18. The van der Waals surface area contributed by atoms with E-state index in [1.54, 1.807) is 0 Å². The Bertz CT molecular complexity index is 89.8. The van der Waals surface area contributed by atoms with E-state index in [4.69, 9.17) is 4.74 Å². The summed E-state index contributed by atoms with van der Waals surface area (Å²) < 4.78 is 5.40. The Hall–Kier alpha value is -0.0800. The predicted octanol–water partition coefficient (Wildman–Crippen LogP) is 0.871. The molecule has 0 radical (unpaired) electrons. The van der Waals surface area contributed by atoms with Gasteiger partial charge in [0.25, 0.3) is 0 Å². The van der Waals surface area contributed by atoms with Gasteiger partial charge in [-0.3, -0.25) is 4.90 Å². The highest BCUT2D eigenvalue weighted by Crippen LogP contribution is 2.18. The second kappa shape index (κ2) is 2.89. The lowest BCUT2D eigenvalue weighted by atomic mass is 10.0. The van der Waals surface area contributed by atoms with Gasteiger partial charge in [0, 0.05) is 12.6 Å². The van der Waals surface area contributed by atoms with Crippen molar-refractivity contribution in [3.63, 3.8) is 0 Å². The molecule has 58 valence electrons. The van der Waals surface area contributed by atoms with Gasteiger partial charge in [-0.2, -0.15) is 0 Å². The zero-order valence-corrected chi connectivity index (χ0v) is 6.38. The number of hydrogen-bond donors (Lipinski definition) is 0. The lowest BCUT2D eigenvalue weighted by Crippen LogP contribution is -2.47. The molecule has 1 atom stereocenters. The molecule has 0 aromatic carbocycles. The van der Waals surface area contributed by atoms with Crippen molar-refractivity contribution >= 4 is 0 Å². The van der Waals surface area contributed by atoms with Gasteiger partial charge in [0.2, 0.25) is 0 Å². The van der Waals surface area contributed by atoms with Crippen LogP contribution in [-0.4, -0.2) is 37.2 Å². The van der Waals surface area contributed by atoms with Crippen LogP contribution in [0.2, 0.25) is 0 Å². The van der Waals surface area contributed by atoms with Gasteiger partial charge in [-0.25, -0.2) is 0 Å². The Labute approximate surface area is 62.2 Å². The van der Waals surface area contributed by atoms with Crippen LogP contribution in [0.3, 0.4) is 0 Å². The van der Waals surface area contributed by atoms with E-state index in [0.717, 1.165) is 19.3 Å². The summed E-state index contributed by atoms with van der Waals surface area (Å²) in [7, 11) is 0. The molecule has 0 aromatic rings. The second-order valence-corrected chi connectivity index (χ2v) is 3.26. The number of fused-ring (bicyclic) bond motifs is 1. The first-order valence-corrected chi connectivity index (χ1v) is 4.28. The molecule has 2 saturated heterocycles. The molecule has 0 amide bonds. The Morgan fingerprint density at radius 2 is 2.20 bits per heavy atom. The van der Waals surface area contributed by atoms with Crippen LogP contribution in [0.15, 0.2) is 0 Å². The first-order valence-electron chi connectivity index (χ1n) is 4.28. The summed E-state index contributed by atoms with van der Waals surface area (Å²) in [6.07, 6.45) is 4.17. The van der Waals surface area contributed by atoms with Crippen LogP contribution in [0, 0.1) is 0 Å². The monoisotopic (exact) mass is 141 g/mol. The van der Waals surface area contributed by atoms with Gasteiger partial charge in [0.05, 0.1) is 13.2 Å². The minimum absolute atomic E-state index is 0.766. The van der Waals surface area contributed by atoms with Crippen LogP contribution in [0.4, 0.5) is 0 Å². The maximum Gasteiger partial charge on any atom is 0.0622 e. The van der Waals surface area contributed by atoms with Crippen molar-refractivity contribution in [2.45, 2.75) is 25.3 Å². The van der Waals surface area contributed by atoms with Crippen LogP contribution in [0.1, 0.15) is 19.3 Å². The number of piperidine rings is 1. The highest BCUT2D eigenvalue weighted by Gasteiger charge is 2.24. The molecule has 2 rings (SSSR count). The molecule has 10 heavy (non-hydrogen) atoms. The minimum atomic E-state index is 0.766. The smallest absolute Gasteiger partial charge is 0.0622 e. The van der Waals surface area contributed by atoms with Crippen LogP contribution in [0.5, 0.6) is 0 Å². The molecule has 0 aliphatic carbocycles. The fourth-order valence-corrected chi connectivity index (χ4v) is 1.94. The summed E-state index contributed by atoms with van der Waals surface area (Å²) in [4.78, 5) is 2.58. The zero-order chi connectivity index (χ0) is 6.81. The summed E-state index contributed by atoms with van der Waals surface area (Å²) >= 11 is 0. The number of nitrogens with zero attached hydrogens (tertiary/aromatic N) is 1. The quantitative estimate of drug-likeness (QED) is 0.496. The molecule has 0 spiro atoms. The van der Waals surface area contributed by atoms with E-state index in [-0.39, 0.29) is 0 Å². The third-order valence-corrected chi connectivity index (χ3v) is 2.58. The molecule has 0 aromatic heterocycles. The van der Waals surface area contributed by atoms with Crippen molar-refractivity contribution < 1.29 is 4.74 Å². The van der Waals surface area contributed by atoms with Gasteiger partial charge in [-0.15, -0.1) is 0 Å². The van der Waals surface area contributed by atoms with E-state index >= 15 is 0 Å². The van der Waals surface area contributed by atoms with Crippen molar-refractivity contribution in [3.8, 4) is 0 Å². The average molecular weight is 141 g/mol. The fraction of sp³-hybridized carbons (Fsp3) is 1.00. The van der Waals surface area contributed by atoms with Crippen LogP contribution in [-0.2, 0) is 4.74 Å². The van der Waals surface area contributed by atoms with Crippen LogP contribution >= 0.6 is 0 Å². The maximum absolute atomic E-state index is 5.40. The zero-order valence-electron chi connectivity index (χ0n) is 6.38. The Kier molecular flexibility index (Phi) is 1.91. The Balaban J connectivity index is 1.93. The SMILES string of the molecule is C1CCN2CCOC[C@H]2C1. The number of ether oxygens (including phenoxy) is 1. The largest absolute Gasteiger partial charge is 0.378 e. The minimum Gasteiger partial charge on any atom is -0.378 e. The lowest BCUT2D eigenvalue weighted by molar-refractivity contribution is -0.0231. The first kappa shape index (κ1) is 6.62. The van der Waals surface area contributed by atoms with E-state index in [1.165, 1.54) is 32.4 Å². The lowest BCUT2D eigenvalue weighted by Gasteiger charge is -2.38. The highest BCUT2D eigenvalue weighted by atomic mass is 16.5. The molecule has 0 unspecified atom stereocenters. The van der Waals surface area contributed by atoms with E-state index in [9.17, 15) is 0 Å². The topological polar surface area (TPSA) is 12.5 Å². The van der Waals surface area contributed by atoms with Crippen molar-refractivity contribution in [2.75, 3.05) is 26.3 Å². The predicted molar refractivity (Wildman–Crippen MR) is 40.0 cm³/mol. The summed E-state index contributed by atoms with van der Waals surface area (Å²) in [5.41, 5.74) is 0. The van der Waals surface area contributed by atoms with Gasteiger partial charge < -0.3 is 4.74 Å². The first-order chi connectivity index (χ1) is 4.97. The molecule has 0 bridgehead atoms. The van der Waals surface area contributed by atoms with Crippen LogP contribution in [0.25, 0.3) is 0 Å². The van der Waals surface area contributed by atoms with E-state index in [2.05, 4.69) is 4.90 Å². The molecule has 2 nitrogen and oxygen atoms in total. The van der Waals surface area contributed by atoms with Gasteiger partial charge >= 0.3 is 0 Å². The van der Waals surface area contributed by atoms with Crippen molar-refractivity contribution in [2.24, 2.45) is 0 Å². The van der Waals surface area contributed by atoms with Crippen molar-refractivity contribution in [3.05, 3.63) is 0 Å². The standard InChI is InChI=1S/C8H15NO/c1-2-4-9-5-6-10-7-8(9)3-1/h8H,1-7H2/t8-/m1/s1. The highest BCUT2D eigenvalue weighted by molar-refractivity contribution is 4.78. The van der Waals surface area contributed by atoms with Gasteiger partial charge in [-0.1, -0.05) is 6.42 Å². The van der Waals surface area contributed by atoms with E-state index in [0.29, 0.717) is 0 Å². The molecule has 2 heteroatoms.